The molecular formula is C24H18N2O5S. The highest BCUT2D eigenvalue weighted by Crippen LogP contribution is 2.25. The molecule has 0 spiro atoms. The summed E-state index contributed by atoms with van der Waals surface area (Å²) in [6.45, 7) is 1.92. The number of hydrogen-bond donors (Lipinski definition) is 2. The smallest absolute Gasteiger partial charge is 0.335 e. The number of rotatable bonds is 5. The number of nitrogens with one attached hydrogen (secondary N) is 1. The molecule has 0 heterocycles. The molecule has 0 atom stereocenters. The predicted octanol–water partition coefficient (Wildman–Crippen LogP) is 4.06. The van der Waals surface area contributed by atoms with Gasteiger partial charge in [-0.25, -0.2) is 4.79 Å². The standard InChI is InChI=1S/C24H18N2O5S/c1-15-5-4-6-17(13-15)25-22-14-21(19-7-2-3-8-20(19)23(22)27)26-32(30,31)18-11-9-16(10-12-18)24(28)29/h2-14,25H,1H3,(H,28,29)/b26-21-. The number of Topliss-reactive ketones (excluding diaryl/α,β-unsaturated/α-hetero) is 1. The topological polar surface area (TPSA) is 113 Å². The molecule has 2 N–H and O–H groups in total. The lowest BCUT2D eigenvalue weighted by Gasteiger charge is -2.19. The van der Waals surface area contributed by atoms with Crippen molar-refractivity contribution in [3.63, 3.8) is 0 Å². The maximum Gasteiger partial charge on any atom is 0.335 e. The van der Waals surface area contributed by atoms with Gasteiger partial charge in [-0.1, -0.05) is 36.4 Å². The van der Waals surface area contributed by atoms with Gasteiger partial charge in [0.1, 0.15) is 0 Å². The maximum absolute atomic E-state index is 13.0. The van der Waals surface area contributed by atoms with E-state index in [-0.39, 0.29) is 27.7 Å². The van der Waals surface area contributed by atoms with Crippen molar-refractivity contribution in [2.24, 2.45) is 4.40 Å². The summed E-state index contributed by atoms with van der Waals surface area (Å²) >= 11 is 0. The molecule has 0 radical (unpaired) electrons. The number of aryl methyl sites for hydroxylation is 1. The van der Waals surface area contributed by atoms with E-state index in [1.807, 2.05) is 25.1 Å². The maximum atomic E-state index is 13.0. The van der Waals surface area contributed by atoms with E-state index in [2.05, 4.69) is 9.71 Å². The van der Waals surface area contributed by atoms with Gasteiger partial charge in [-0.15, -0.1) is 0 Å². The number of allylic oxidation sites excluding steroid dienone is 2. The third-order valence-electron chi connectivity index (χ3n) is 4.89. The lowest BCUT2D eigenvalue weighted by atomic mass is 9.92. The van der Waals surface area contributed by atoms with Crippen LogP contribution in [-0.4, -0.2) is 31.0 Å². The zero-order valence-electron chi connectivity index (χ0n) is 16.9. The highest BCUT2D eigenvalue weighted by Gasteiger charge is 2.26. The van der Waals surface area contributed by atoms with E-state index in [1.165, 1.54) is 30.3 Å². The number of ketones is 1. The highest BCUT2D eigenvalue weighted by molar-refractivity contribution is 7.90. The van der Waals surface area contributed by atoms with Crippen LogP contribution in [0, 0.1) is 6.92 Å². The number of benzene rings is 3. The molecule has 0 unspecified atom stereocenters. The van der Waals surface area contributed by atoms with Crippen LogP contribution in [0.2, 0.25) is 0 Å². The molecule has 4 rings (SSSR count). The first-order valence-electron chi connectivity index (χ1n) is 9.62. The Kier molecular flexibility index (Phi) is 5.46. The van der Waals surface area contributed by atoms with Crippen molar-refractivity contribution in [1.82, 2.24) is 0 Å². The first-order chi connectivity index (χ1) is 15.2. The van der Waals surface area contributed by atoms with Crippen molar-refractivity contribution in [2.75, 3.05) is 5.32 Å². The molecule has 7 nitrogen and oxygen atoms in total. The molecule has 3 aromatic rings. The van der Waals surface area contributed by atoms with E-state index in [0.29, 0.717) is 16.8 Å². The van der Waals surface area contributed by atoms with Gasteiger partial charge >= 0.3 is 5.97 Å². The number of nitrogens with zero attached hydrogens (tertiary/aromatic N) is 1. The van der Waals surface area contributed by atoms with Crippen LogP contribution < -0.4 is 5.32 Å². The van der Waals surface area contributed by atoms with Crippen molar-refractivity contribution in [3.05, 3.63) is 107 Å². The molecule has 0 aliphatic heterocycles. The predicted molar refractivity (Wildman–Crippen MR) is 121 cm³/mol. The molecule has 0 aromatic heterocycles. The van der Waals surface area contributed by atoms with Crippen molar-refractivity contribution < 1.29 is 23.1 Å². The second kappa shape index (κ2) is 8.24. The van der Waals surface area contributed by atoms with E-state index in [9.17, 15) is 18.0 Å². The minimum atomic E-state index is -4.15. The minimum absolute atomic E-state index is 0.0326. The highest BCUT2D eigenvalue weighted by atomic mass is 32.2. The Morgan fingerprint density at radius 3 is 2.28 bits per heavy atom. The Balaban J connectivity index is 1.79. The van der Waals surface area contributed by atoms with E-state index < -0.39 is 16.0 Å². The molecule has 0 fully saturated rings. The summed E-state index contributed by atoms with van der Waals surface area (Å²) in [6.07, 6.45) is 1.41. The van der Waals surface area contributed by atoms with Crippen LogP contribution in [0.15, 0.2) is 93.9 Å². The molecule has 1 aliphatic rings. The van der Waals surface area contributed by atoms with Crippen LogP contribution in [-0.2, 0) is 10.0 Å². The van der Waals surface area contributed by atoms with E-state index in [0.717, 1.165) is 5.56 Å². The van der Waals surface area contributed by atoms with Gasteiger partial charge in [0.05, 0.1) is 21.9 Å². The molecule has 0 saturated carbocycles. The Hall–Kier alpha value is -4.04. The van der Waals surface area contributed by atoms with Gasteiger partial charge in [-0.2, -0.15) is 12.8 Å². The number of carboxylic acids is 1. The number of anilines is 1. The Labute approximate surface area is 184 Å². The molecule has 0 saturated heterocycles. The summed E-state index contributed by atoms with van der Waals surface area (Å²) in [5, 5.41) is 12.1. The molecule has 32 heavy (non-hydrogen) atoms. The van der Waals surface area contributed by atoms with E-state index >= 15 is 0 Å². The van der Waals surface area contributed by atoms with Gasteiger partial charge in [0.15, 0.2) is 0 Å². The molecule has 160 valence electrons. The lowest BCUT2D eigenvalue weighted by Crippen LogP contribution is -2.22. The average molecular weight is 446 g/mol. The van der Waals surface area contributed by atoms with E-state index in [4.69, 9.17) is 5.11 Å². The molecule has 1 aliphatic carbocycles. The van der Waals surface area contributed by atoms with Crippen molar-refractivity contribution in [2.45, 2.75) is 11.8 Å². The number of sulfonamides is 1. The summed E-state index contributed by atoms with van der Waals surface area (Å²) in [5.74, 6) is -1.43. The summed E-state index contributed by atoms with van der Waals surface area (Å²) < 4.78 is 29.8. The zero-order valence-corrected chi connectivity index (χ0v) is 17.8. The van der Waals surface area contributed by atoms with Gasteiger partial charge in [0, 0.05) is 16.8 Å². The van der Waals surface area contributed by atoms with Gasteiger partial charge in [-0.3, -0.25) is 4.79 Å². The Bertz CT molecular complexity index is 1400. The van der Waals surface area contributed by atoms with Gasteiger partial charge < -0.3 is 10.4 Å². The lowest BCUT2D eigenvalue weighted by molar-refractivity contribution is 0.0696. The first kappa shape index (κ1) is 21.2. The van der Waals surface area contributed by atoms with Crippen LogP contribution >= 0.6 is 0 Å². The fourth-order valence-corrected chi connectivity index (χ4v) is 4.32. The van der Waals surface area contributed by atoms with Gasteiger partial charge in [0.25, 0.3) is 10.0 Å². The summed E-state index contributed by atoms with van der Waals surface area (Å²) in [5.41, 5.74) is 2.70. The fourth-order valence-electron chi connectivity index (χ4n) is 3.33. The number of carbonyl (C=O) groups excluding carboxylic acids is 1. The van der Waals surface area contributed by atoms with E-state index in [1.54, 1.807) is 30.3 Å². The number of aromatic carboxylic acids is 1. The third-order valence-corrected chi connectivity index (χ3v) is 6.19. The molecule has 0 amide bonds. The molecular weight excluding hydrogens is 428 g/mol. The van der Waals surface area contributed by atoms with Crippen molar-refractivity contribution >= 4 is 33.2 Å². The molecule has 3 aromatic carbocycles. The number of carboxylic acid groups (broad SMARTS) is 1. The summed E-state index contributed by atoms with van der Waals surface area (Å²) in [7, 11) is -4.15. The van der Waals surface area contributed by atoms with Crippen LogP contribution in [0.1, 0.15) is 31.8 Å². The minimum Gasteiger partial charge on any atom is -0.478 e. The monoisotopic (exact) mass is 446 g/mol. The first-order valence-corrected chi connectivity index (χ1v) is 11.1. The van der Waals surface area contributed by atoms with Gasteiger partial charge in [0.2, 0.25) is 5.78 Å². The zero-order chi connectivity index (χ0) is 22.9. The number of carbonyl (C=O) groups is 2. The Morgan fingerprint density at radius 1 is 0.938 bits per heavy atom. The van der Waals surface area contributed by atoms with Gasteiger partial charge in [-0.05, 0) is 55.0 Å². The van der Waals surface area contributed by atoms with Crippen LogP contribution in [0.25, 0.3) is 0 Å². The molecule has 8 heteroatoms. The number of fused-ring (bicyclic) bond motifs is 1. The molecule has 0 bridgehead atoms. The third kappa shape index (κ3) is 4.21. The average Bonchev–Trinajstić information content (AvgIpc) is 2.77. The largest absolute Gasteiger partial charge is 0.478 e. The second-order valence-corrected chi connectivity index (χ2v) is 8.81. The SMILES string of the molecule is Cc1cccc(NC2=C/C(=N/S(=O)(=O)c3ccc(C(=O)O)cc3)c3ccccc3C2=O)c1. The van der Waals surface area contributed by atoms with Crippen LogP contribution in [0.4, 0.5) is 5.69 Å². The van der Waals surface area contributed by atoms with Crippen molar-refractivity contribution in [1.29, 1.82) is 0 Å². The summed E-state index contributed by atoms with van der Waals surface area (Å²) in [6, 6.07) is 18.9. The Morgan fingerprint density at radius 2 is 1.62 bits per heavy atom. The van der Waals surface area contributed by atoms with Crippen LogP contribution in [0.3, 0.4) is 0 Å². The quantitative estimate of drug-likeness (QED) is 0.611. The number of hydrogen-bond acceptors (Lipinski definition) is 5. The van der Waals surface area contributed by atoms with Crippen molar-refractivity contribution in [3.8, 4) is 0 Å². The normalized spacial score (nSPS) is 14.6. The second-order valence-electron chi connectivity index (χ2n) is 7.21. The fraction of sp³-hybridized carbons (Fsp3) is 0.0417. The van der Waals surface area contributed by atoms with Crippen LogP contribution in [0.5, 0.6) is 0 Å². The summed E-state index contributed by atoms with van der Waals surface area (Å²) in [4.78, 5) is 23.9.